The molecule has 3 N–H and O–H groups in total. The van der Waals surface area contributed by atoms with Crippen molar-refractivity contribution >= 4 is 11.8 Å². The van der Waals surface area contributed by atoms with Gasteiger partial charge in [0.05, 0.1) is 12.6 Å². The lowest BCUT2D eigenvalue weighted by atomic mass is 10.1. The van der Waals surface area contributed by atoms with Crippen molar-refractivity contribution in [3.63, 3.8) is 0 Å². The molecule has 1 aromatic carbocycles. The van der Waals surface area contributed by atoms with Gasteiger partial charge < -0.3 is 4.74 Å². The third-order valence-electron chi connectivity index (χ3n) is 2.11. The van der Waals surface area contributed by atoms with Gasteiger partial charge in [0.1, 0.15) is 5.75 Å². The molecule has 15 heavy (non-hydrogen) atoms. The minimum Gasteiger partial charge on any atom is -0.494 e. The Morgan fingerprint density at radius 2 is 2.33 bits per heavy atom. The van der Waals surface area contributed by atoms with Crippen LogP contribution in [-0.2, 0) is 0 Å². The van der Waals surface area contributed by atoms with E-state index in [1.165, 1.54) is 0 Å². The average Bonchev–Trinajstić information content (AvgIpc) is 2.27. The molecule has 1 aromatic rings. The molecule has 1 rings (SSSR count). The number of thioether (sulfide) groups is 1. The van der Waals surface area contributed by atoms with Crippen molar-refractivity contribution in [2.75, 3.05) is 18.6 Å². The summed E-state index contributed by atoms with van der Waals surface area (Å²) in [5.74, 6) is 7.36. The number of nitrogens with one attached hydrogen (secondary N) is 1. The summed E-state index contributed by atoms with van der Waals surface area (Å²) < 4.78 is 5.44. The average molecular weight is 226 g/mol. The highest BCUT2D eigenvalue weighted by atomic mass is 32.2. The zero-order valence-electron chi connectivity index (χ0n) is 9.19. The van der Waals surface area contributed by atoms with Crippen LogP contribution in [0.25, 0.3) is 0 Å². The first-order chi connectivity index (χ1) is 7.31. The van der Waals surface area contributed by atoms with E-state index in [0.29, 0.717) is 6.61 Å². The summed E-state index contributed by atoms with van der Waals surface area (Å²) in [5.41, 5.74) is 3.98. The van der Waals surface area contributed by atoms with Crippen molar-refractivity contribution in [2.24, 2.45) is 5.84 Å². The van der Waals surface area contributed by atoms with E-state index in [-0.39, 0.29) is 6.04 Å². The van der Waals surface area contributed by atoms with Crippen LogP contribution in [0.15, 0.2) is 24.3 Å². The Hall–Kier alpha value is -0.710. The molecule has 0 aromatic heterocycles. The second-order valence-corrected chi connectivity index (χ2v) is 4.09. The fourth-order valence-corrected chi connectivity index (χ4v) is 2.02. The van der Waals surface area contributed by atoms with Crippen molar-refractivity contribution in [3.8, 4) is 5.75 Å². The van der Waals surface area contributed by atoms with E-state index in [2.05, 4.69) is 17.7 Å². The summed E-state index contributed by atoms with van der Waals surface area (Å²) >= 11 is 1.77. The SMILES string of the molecule is CCOc1cccc(C(CSC)NN)c1. The van der Waals surface area contributed by atoms with E-state index < -0.39 is 0 Å². The minimum absolute atomic E-state index is 0.181. The number of hydrogen-bond donors (Lipinski definition) is 2. The summed E-state index contributed by atoms with van der Waals surface area (Å²) in [6.45, 7) is 2.67. The summed E-state index contributed by atoms with van der Waals surface area (Å²) in [6, 6.07) is 8.22. The Labute approximate surface area is 95.4 Å². The molecule has 0 aliphatic heterocycles. The van der Waals surface area contributed by atoms with Crippen LogP contribution in [0.2, 0.25) is 0 Å². The molecule has 1 atom stereocenters. The quantitative estimate of drug-likeness (QED) is 0.575. The van der Waals surface area contributed by atoms with Gasteiger partial charge in [0.15, 0.2) is 0 Å². The van der Waals surface area contributed by atoms with Crippen LogP contribution < -0.4 is 16.0 Å². The zero-order chi connectivity index (χ0) is 11.1. The molecular formula is C11H18N2OS. The molecule has 0 bridgehead atoms. The maximum atomic E-state index is 5.51. The largest absolute Gasteiger partial charge is 0.494 e. The predicted octanol–water partition coefficient (Wildman–Crippen LogP) is 1.95. The monoisotopic (exact) mass is 226 g/mol. The van der Waals surface area contributed by atoms with Gasteiger partial charge in [0.2, 0.25) is 0 Å². The smallest absolute Gasteiger partial charge is 0.119 e. The zero-order valence-corrected chi connectivity index (χ0v) is 10.0. The van der Waals surface area contributed by atoms with E-state index in [1.807, 2.05) is 25.1 Å². The molecule has 0 aliphatic rings. The second-order valence-electron chi connectivity index (χ2n) is 3.18. The molecule has 0 fully saturated rings. The van der Waals surface area contributed by atoms with Gasteiger partial charge in [0.25, 0.3) is 0 Å². The topological polar surface area (TPSA) is 47.3 Å². The third kappa shape index (κ3) is 3.74. The predicted molar refractivity (Wildman–Crippen MR) is 66.1 cm³/mol. The molecule has 0 saturated carbocycles. The number of rotatable bonds is 6. The van der Waals surface area contributed by atoms with Crippen molar-refractivity contribution in [1.29, 1.82) is 0 Å². The highest BCUT2D eigenvalue weighted by Gasteiger charge is 2.09. The van der Waals surface area contributed by atoms with Crippen LogP contribution in [-0.4, -0.2) is 18.6 Å². The van der Waals surface area contributed by atoms with Crippen molar-refractivity contribution in [1.82, 2.24) is 5.43 Å². The number of hydrazine groups is 1. The number of benzene rings is 1. The van der Waals surface area contributed by atoms with E-state index in [1.54, 1.807) is 11.8 Å². The van der Waals surface area contributed by atoms with E-state index in [9.17, 15) is 0 Å². The molecule has 0 amide bonds. The fraction of sp³-hybridized carbons (Fsp3) is 0.455. The van der Waals surface area contributed by atoms with Crippen molar-refractivity contribution in [3.05, 3.63) is 29.8 Å². The normalized spacial score (nSPS) is 12.5. The molecule has 0 aliphatic carbocycles. The lowest BCUT2D eigenvalue weighted by molar-refractivity contribution is 0.339. The van der Waals surface area contributed by atoms with Crippen LogP contribution in [0.4, 0.5) is 0 Å². The molecule has 0 heterocycles. The molecule has 0 radical (unpaired) electrons. The fourth-order valence-electron chi connectivity index (χ4n) is 1.39. The number of nitrogens with two attached hydrogens (primary N) is 1. The van der Waals surface area contributed by atoms with Gasteiger partial charge in [0, 0.05) is 5.75 Å². The first kappa shape index (κ1) is 12.4. The number of hydrogen-bond acceptors (Lipinski definition) is 4. The molecule has 0 saturated heterocycles. The molecule has 3 nitrogen and oxygen atoms in total. The standard InChI is InChI=1S/C11H18N2OS/c1-3-14-10-6-4-5-9(7-10)11(13-12)8-15-2/h4-7,11,13H,3,8,12H2,1-2H3. The van der Waals surface area contributed by atoms with Gasteiger partial charge in [-0.1, -0.05) is 12.1 Å². The summed E-state index contributed by atoms with van der Waals surface area (Å²) in [7, 11) is 0. The maximum Gasteiger partial charge on any atom is 0.119 e. The lowest BCUT2D eigenvalue weighted by Gasteiger charge is -2.15. The Morgan fingerprint density at radius 1 is 1.53 bits per heavy atom. The van der Waals surface area contributed by atoms with E-state index >= 15 is 0 Å². The first-order valence-electron chi connectivity index (χ1n) is 4.99. The third-order valence-corrected chi connectivity index (χ3v) is 2.77. The summed E-state index contributed by atoms with van der Waals surface area (Å²) in [6.07, 6.45) is 2.07. The molecule has 1 unspecified atom stereocenters. The Kier molecular flexibility index (Phi) is 5.53. The van der Waals surface area contributed by atoms with Crippen LogP contribution in [0, 0.1) is 0 Å². The first-order valence-corrected chi connectivity index (χ1v) is 6.39. The Balaban J connectivity index is 2.77. The highest BCUT2D eigenvalue weighted by Crippen LogP contribution is 2.21. The van der Waals surface area contributed by atoms with Gasteiger partial charge in [-0.25, -0.2) is 0 Å². The summed E-state index contributed by atoms with van der Waals surface area (Å²) in [5, 5.41) is 0. The minimum atomic E-state index is 0.181. The van der Waals surface area contributed by atoms with Crippen LogP contribution in [0.1, 0.15) is 18.5 Å². The molecule has 4 heteroatoms. The molecular weight excluding hydrogens is 208 g/mol. The second kappa shape index (κ2) is 6.71. The van der Waals surface area contributed by atoms with E-state index in [4.69, 9.17) is 10.6 Å². The van der Waals surface area contributed by atoms with Gasteiger partial charge in [-0.15, -0.1) is 0 Å². The van der Waals surface area contributed by atoms with Crippen LogP contribution >= 0.6 is 11.8 Å². The maximum absolute atomic E-state index is 5.51. The molecule has 84 valence electrons. The highest BCUT2D eigenvalue weighted by molar-refractivity contribution is 7.98. The molecule has 0 spiro atoms. The van der Waals surface area contributed by atoms with Gasteiger partial charge in [-0.3, -0.25) is 11.3 Å². The van der Waals surface area contributed by atoms with Gasteiger partial charge in [-0.05, 0) is 30.9 Å². The summed E-state index contributed by atoms with van der Waals surface area (Å²) in [4.78, 5) is 0. The Bertz CT molecular complexity index is 294. The van der Waals surface area contributed by atoms with Gasteiger partial charge in [-0.2, -0.15) is 11.8 Å². The Morgan fingerprint density at radius 3 is 2.93 bits per heavy atom. The van der Waals surface area contributed by atoms with Crippen LogP contribution in [0.5, 0.6) is 5.75 Å². The van der Waals surface area contributed by atoms with Crippen LogP contribution in [0.3, 0.4) is 0 Å². The van der Waals surface area contributed by atoms with Crippen molar-refractivity contribution in [2.45, 2.75) is 13.0 Å². The lowest BCUT2D eigenvalue weighted by Crippen LogP contribution is -2.29. The van der Waals surface area contributed by atoms with Crippen molar-refractivity contribution < 1.29 is 4.74 Å². The number of ether oxygens (including phenoxy) is 1. The van der Waals surface area contributed by atoms with Gasteiger partial charge >= 0.3 is 0 Å². The van der Waals surface area contributed by atoms with E-state index in [0.717, 1.165) is 17.1 Å².